The Morgan fingerprint density at radius 2 is 1.69 bits per heavy atom. The number of hydrogen-bond acceptors (Lipinski definition) is 4. The first-order chi connectivity index (χ1) is 12.7. The van der Waals surface area contributed by atoms with Crippen molar-refractivity contribution in [2.24, 2.45) is 0 Å². The fourth-order valence-electron chi connectivity index (χ4n) is 2.97. The molecule has 4 rings (SSSR count). The van der Waals surface area contributed by atoms with Crippen molar-refractivity contribution < 1.29 is 9.59 Å². The average molecular weight is 341 g/mol. The van der Waals surface area contributed by atoms with Gasteiger partial charge in [0.05, 0.1) is 11.3 Å². The number of carbonyl (C=O) groups excluding carboxylic acids is 2. The van der Waals surface area contributed by atoms with Crippen LogP contribution in [0.4, 0.5) is 5.69 Å². The van der Waals surface area contributed by atoms with E-state index in [1.165, 1.54) is 11.2 Å². The van der Waals surface area contributed by atoms with Crippen LogP contribution < -0.4 is 4.90 Å². The molecule has 2 heterocycles. The molecule has 126 valence electrons. The molecule has 3 aromatic rings. The van der Waals surface area contributed by atoms with Gasteiger partial charge in [-0.2, -0.15) is 0 Å². The van der Waals surface area contributed by atoms with Gasteiger partial charge in [-0.15, -0.1) is 0 Å². The Hall–Kier alpha value is -3.60. The quantitative estimate of drug-likeness (QED) is 0.683. The third kappa shape index (κ3) is 2.91. The lowest BCUT2D eigenvalue weighted by molar-refractivity contribution is -0.114. The summed E-state index contributed by atoms with van der Waals surface area (Å²) in [5.74, 6) is -0.981. The fourth-order valence-corrected chi connectivity index (χ4v) is 2.97. The Morgan fingerprint density at radius 1 is 0.923 bits per heavy atom. The number of rotatable bonds is 4. The summed E-state index contributed by atoms with van der Waals surface area (Å²) in [4.78, 5) is 34.2. The first-order valence-corrected chi connectivity index (χ1v) is 8.21. The Labute approximate surface area is 150 Å². The summed E-state index contributed by atoms with van der Waals surface area (Å²) in [5, 5.41) is 0. The lowest BCUT2D eigenvalue weighted by Gasteiger charge is -2.14. The van der Waals surface area contributed by atoms with E-state index in [0.717, 1.165) is 16.7 Å². The second kappa shape index (κ2) is 6.72. The van der Waals surface area contributed by atoms with Gasteiger partial charge in [-0.3, -0.25) is 9.59 Å². The van der Waals surface area contributed by atoms with Crippen LogP contribution in [0.3, 0.4) is 0 Å². The lowest BCUT2D eigenvalue weighted by atomic mass is 10.0. The van der Waals surface area contributed by atoms with E-state index in [-0.39, 0.29) is 0 Å². The van der Waals surface area contributed by atoms with Gasteiger partial charge in [0.2, 0.25) is 0 Å². The smallest absolute Gasteiger partial charge is 0.299 e. The van der Waals surface area contributed by atoms with E-state index < -0.39 is 11.7 Å². The molecule has 0 unspecified atom stereocenters. The van der Waals surface area contributed by atoms with Gasteiger partial charge in [-0.25, -0.2) is 9.97 Å². The zero-order valence-corrected chi connectivity index (χ0v) is 13.9. The molecular formula is C21H15N3O2. The highest BCUT2D eigenvalue weighted by molar-refractivity contribution is 6.52. The summed E-state index contributed by atoms with van der Waals surface area (Å²) in [7, 11) is 0. The SMILES string of the molecule is O=C1C(=O)N(CC=Cc2ccccc2)c2ccc(-c3cncnc3)cc21. The van der Waals surface area contributed by atoms with Crippen LogP contribution in [0.1, 0.15) is 15.9 Å². The molecule has 0 radical (unpaired) electrons. The first-order valence-electron chi connectivity index (χ1n) is 8.21. The largest absolute Gasteiger partial charge is 0.301 e. The number of fused-ring (bicyclic) bond motifs is 1. The van der Waals surface area contributed by atoms with Crippen molar-refractivity contribution in [3.8, 4) is 11.1 Å². The highest BCUT2D eigenvalue weighted by Gasteiger charge is 2.35. The molecule has 0 saturated heterocycles. The van der Waals surface area contributed by atoms with Crippen LogP contribution in [-0.4, -0.2) is 28.2 Å². The molecule has 5 heteroatoms. The van der Waals surface area contributed by atoms with Gasteiger partial charge >= 0.3 is 0 Å². The van der Waals surface area contributed by atoms with Gasteiger partial charge in [0.25, 0.3) is 11.7 Å². The number of hydrogen-bond donors (Lipinski definition) is 0. The standard InChI is InChI=1S/C21H15N3O2/c25-20-18-11-16(17-12-22-14-23-13-17)8-9-19(18)24(21(20)26)10-4-7-15-5-2-1-3-6-15/h1-9,11-14H,10H2. The van der Waals surface area contributed by atoms with Crippen molar-refractivity contribution in [1.29, 1.82) is 0 Å². The zero-order valence-electron chi connectivity index (χ0n) is 13.9. The highest BCUT2D eigenvalue weighted by Crippen LogP contribution is 2.32. The number of carbonyl (C=O) groups is 2. The molecule has 2 aromatic carbocycles. The highest BCUT2D eigenvalue weighted by atomic mass is 16.2. The van der Waals surface area contributed by atoms with E-state index in [1.54, 1.807) is 24.5 Å². The van der Waals surface area contributed by atoms with Gasteiger partial charge in [0.1, 0.15) is 6.33 Å². The van der Waals surface area contributed by atoms with Crippen molar-refractivity contribution in [1.82, 2.24) is 9.97 Å². The molecule has 1 aromatic heterocycles. The van der Waals surface area contributed by atoms with E-state index in [4.69, 9.17) is 0 Å². The number of amides is 1. The van der Waals surface area contributed by atoms with Crippen molar-refractivity contribution in [2.75, 3.05) is 11.4 Å². The number of nitrogens with zero attached hydrogens (tertiary/aromatic N) is 3. The third-order valence-corrected chi connectivity index (χ3v) is 4.26. The lowest BCUT2D eigenvalue weighted by Crippen LogP contribution is -2.29. The molecule has 0 bridgehead atoms. The van der Waals surface area contributed by atoms with E-state index in [2.05, 4.69) is 9.97 Å². The van der Waals surface area contributed by atoms with Gasteiger partial charge in [0.15, 0.2) is 0 Å². The minimum absolute atomic E-state index is 0.347. The van der Waals surface area contributed by atoms with Gasteiger partial charge < -0.3 is 4.90 Å². The zero-order chi connectivity index (χ0) is 17.9. The third-order valence-electron chi connectivity index (χ3n) is 4.26. The van der Waals surface area contributed by atoms with Crippen LogP contribution >= 0.6 is 0 Å². The van der Waals surface area contributed by atoms with E-state index in [0.29, 0.717) is 17.8 Å². The molecule has 26 heavy (non-hydrogen) atoms. The number of ketones is 1. The van der Waals surface area contributed by atoms with Gasteiger partial charge in [0, 0.05) is 24.5 Å². The number of Topliss-reactive ketones (excluding diaryl/α,β-unsaturated/α-hetero) is 1. The van der Waals surface area contributed by atoms with E-state index >= 15 is 0 Å². The predicted octanol–water partition coefficient (Wildman–Crippen LogP) is 3.39. The summed E-state index contributed by atoms with van der Waals surface area (Å²) in [5.41, 5.74) is 3.72. The van der Waals surface area contributed by atoms with Crippen molar-refractivity contribution in [2.45, 2.75) is 0 Å². The van der Waals surface area contributed by atoms with Crippen LogP contribution in [0.5, 0.6) is 0 Å². The van der Waals surface area contributed by atoms with Crippen LogP contribution in [0, 0.1) is 0 Å². The second-order valence-corrected chi connectivity index (χ2v) is 5.92. The van der Waals surface area contributed by atoms with Crippen LogP contribution in [0.25, 0.3) is 17.2 Å². The molecule has 0 saturated carbocycles. The summed E-state index contributed by atoms with van der Waals surface area (Å²) in [6, 6.07) is 15.2. The monoisotopic (exact) mass is 341 g/mol. The van der Waals surface area contributed by atoms with Crippen molar-refractivity contribution >= 4 is 23.5 Å². The fraction of sp³-hybridized carbons (Fsp3) is 0.0476. The Balaban J connectivity index is 1.61. The molecule has 0 aliphatic carbocycles. The molecule has 5 nitrogen and oxygen atoms in total. The maximum atomic E-state index is 12.4. The minimum atomic E-state index is -0.501. The minimum Gasteiger partial charge on any atom is -0.301 e. The molecule has 1 amide bonds. The molecule has 0 spiro atoms. The Morgan fingerprint density at radius 3 is 2.46 bits per heavy atom. The average Bonchev–Trinajstić information content (AvgIpc) is 2.94. The van der Waals surface area contributed by atoms with E-state index in [1.807, 2.05) is 48.6 Å². The Kier molecular flexibility index (Phi) is 4.11. The summed E-state index contributed by atoms with van der Waals surface area (Å²) in [6.07, 6.45) is 8.62. The van der Waals surface area contributed by atoms with Crippen LogP contribution in [0.2, 0.25) is 0 Å². The van der Waals surface area contributed by atoms with Crippen LogP contribution in [0.15, 0.2) is 73.3 Å². The van der Waals surface area contributed by atoms with E-state index in [9.17, 15) is 9.59 Å². The topological polar surface area (TPSA) is 63.2 Å². The summed E-state index contributed by atoms with van der Waals surface area (Å²) in [6.45, 7) is 0.347. The predicted molar refractivity (Wildman–Crippen MR) is 99.6 cm³/mol. The normalized spacial score (nSPS) is 13.5. The maximum absolute atomic E-state index is 12.4. The van der Waals surface area contributed by atoms with Gasteiger partial charge in [-0.05, 0) is 23.3 Å². The van der Waals surface area contributed by atoms with Crippen molar-refractivity contribution in [3.63, 3.8) is 0 Å². The Bertz CT molecular complexity index is 998. The number of anilines is 1. The molecule has 0 N–H and O–H groups in total. The van der Waals surface area contributed by atoms with Crippen molar-refractivity contribution in [3.05, 3.63) is 84.5 Å². The number of aromatic nitrogens is 2. The van der Waals surface area contributed by atoms with Crippen LogP contribution in [-0.2, 0) is 4.79 Å². The molecule has 0 fully saturated rings. The summed E-state index contributed by atoms with van der Waals surface area (Å²) < 4.78 is 0. The molecule has 1 aliphatic rings. The van der Waals surface area contributed by atoms with Gasteiger partial charge in [-0.1, -0.05) is 48.6 Å². The maximum Gasteiger partial charge on any atom is 0.299 e. The number of benzene rings is 2. The molecule has 0 atom stereocenters. The molecule has 1 aliphatic heterocycles. The first kappa shape index (κ1) is 15.9. The second-order valence-electron chi connectivity index (χ2n) is 5.92. The molecular weight excluding hydrogens is 326 g/mol. The summed E-state index contributed by atoms with van der Waals surface area (Å²) >= 11 is 0.